The Kier molecular flexibility index (Phi) is 8.80. The van der Waals surface area contributed by atoms with E-state index in [1.807, 2.05) is 0 Å². The SMILES string of the molecule is C[N+](C)(CCCNC(=O)C(F)(F)C(F)(F)C(F)(F)C(F)(F)C(F)(F)C(F)(F)C(F)(F)F)CC(=O)O. The first-order valence-corrected chi connectivity index (χ1v) is 8.70. The lowest BCUT2D eigenvalue weighted by Crippen LogP contribution is -2.74. The fraction of sp³-hybridized carbons (Fsp3) is 0.867. The Balaban J connectivity index is 5.90. The number of hydrogen-bond acceptors (Lipinski definition) is 2. The van der Waals surface area contributed by atoms with E-state index >= 15 is 0 Å². The van der Waals surface area contributed by atoms with Gasteiger partial charge in [-0.3, -0.25) is 4.79 Å². The first-order valence-electron chi connectivity index (χ1n) is 8.70. The number of rotatable bonds is 12. The molecule has 0 bridgehead atoms. The molecule has 0 unspecified atom stereocenters. The molecule has 0 fully saturated rings. The van der Waals surface area contributed by atoms with Crippen molar-refractivity contribution in [3.63, 3.8) is 0 Å². The van der Waals surface area contributed by atoms with Crippen molar-refractivity contribution in [2.45, 2.75) is 48.1 Å². The number of nitrogens with one attached hydrogen (secondary N) is 1. The van der Waals surface area contributed by atoms with Crippen LogP contribution in [-0.2, 0) is 9.59 Å². The molecule has 2 N–H and O–H groups in total. The molecule has 35 heavy (non-hydrogen) atoms. The Labute approximate surface area is 185 Å². The molecule has 0 saturated heterocycles. The van der Waals surface area contributed by atoms with Crippen molar-refractivity contribution in [2.24, 2.45) is 0 Å². The third-order valence-electron chi connectivity index (χ3n) is 4.40. The van der Waals surface area contributed by atoms with Gasteiger partial charge in [0.25, 0.3) is 5.91 Å². The molecule has 0 spiro atoms. The zero-order valence-electron chi connectivity index (χ0n) is 17.2. The van der Waals surface area contributed by atoms with E-state index in [1.165, 1.54) is 14.1 Å². The molecule has 0 aromatic rings. The average molecular weight is 557 g/mol. The number of carbonyl (C=O) groups is 2. The molecule has 0 aliphatic carbocycles. The van der Waals surface area contributed by atoms with Gasteiger partial charge in [0.05, 0.1) is 20.6 Å². The highest BCUT2D eigenvalue weighted by atomic mass is 19.4. The molecule has 0 atom stereocenters. The highest BCUT2D eigenvalue weighted by molar-refractivity contribution is 5.84. The molecule has 0 saturated carbocycles. The van der Waals surface area contributed by atoms with Crippen molar-refractivity contribution in [1.29, 1.82) is 0 Å². The summed E-state index contributed by atoms with van der Waals surface area (Å²) in [7, 11) is 2.50. The minimum absolute atomic E-state index is 0.290. The maximum atomic E-state index is 13.7. The lowest BCUT2D eigenvalue weighted by Gasteiger charge is -2.41. The zero-order chi connectivity index (χ0) is 28.7. The summed E-state index contributed by atoms with van der Waals surface area (Å²) in [5, 5.41) is 9.47. The Morgan fingerprint density at radius 1 is 0.686 bits per heavy atom. The molecule has 0 radical (unpaired) electrons. The van der Waals surface area contributed by atoms with Crippen LogP contribution in [0.25, 0.3) is 0 Å². The molecule has 208 valence electrons. The smallest absolute Gasteiger partial charge is 0.460 e. The molecule has 0 heterocycles. The summed E-state index contributed by atoms with van der Waals surface area (Å²) in [4.78, 5) is 21.9. The van der Waals surface area contributed by atoms with Gasteiger partial charge in [0, 0.05) is 13.0 Å². The normalized spacial score (nSPS) is 15.2. The van der Waals surface area contributed by atoms with Crippen LogP contribution in [0, 0.1) is 0 Å². The Bertz CT molecular complexity index is 793. The molecule has 0 aromatic carbocycles. The number of likely N-dealkylation sites (N-methyl/N-ethyl adjacent to an activating group) is 1. The second-order valence-corrected chi connectivity index (χ2v) is 7.76. The molecule has 1 amide bonds. The Morgan fingerprint density at radius 2 is 1.06 bits per heavy atom. The summed E-state index contributed by atoms with van der Waals surface area (Å²) in [5.41, 5.74) is 0. The molecule has 0 rings (SSSR count). The zero-order valence-corrected chi connectivity index (χ0v) is 17.2. The summed E-state index contributed by atoms with van der Waals surface area (Å²) in [6.07, 6.45) is -8.23. The van der Waals surface area contributed by atoms with Gasteiger partial charge in [0.2, 0.25) is 0 Å². The molecule has 0 aliphatic heterocycles. The van der Waals surface area contributed by atoms with Crippen molar-refractivity contribution < 1.29 is 85.0 Å². The van der Waals surface area contributed by atoms with Crippen LogP contribution in [-0.4, -0.2) is 96.9 Å². The second-order valence-electron chi connectivity index (χ2n) is 7.76. The number of carboxylic acid groups (broad SMARTS) is 1. The number of hydrogen-bond donors (Lipinski definition) is 2. The van der Waals surface area contributed by atoms with Crippen molar-refractivity contribution in [3.05, 3.63) is 0 Å². The van der Waals surface area contributed by atoms with Gasteiger partial charge in [0.1, 0.15) is 0 Å². The molecule has 0 aromatic heterocycles. The predicted octanol–water partition coefficient (Wildman–Crippen LogP) is 4.03. The molecule has 5 nitrogen and oxygen atoms in total. The van der Waals surface area contributed by atoms with Gasteiger partial charge >= 0.3 is 47.7 Å². The van der Waals surface area contributed by atoms with Crippen LogP contribution in [0.3, 0.4) is 0 Å². The standard InChI is InChI=1S/C15H15F15N2O3/c1-32(2,6-7(33)34)5-3-4-31-8(35)9(16,17)10(18,19)11(20,21)12(22,23)13(24,25)14(26,27)15(28,29)30/h3-6H2,1-2H3,(H-,31,33,34,35)/p+1. The summed E-state index contributed by atoms with van der Waals surface area (Å²) < 4.78 is 196. The van der Waals surface area contributed by atoms with Crippen LogP contribution >= 0.6 is 0 Å². The summed E-state index contributed by atoms with van der Waals surface area (Å²) in [6, 6.07) is 0. The summed E-state index contributed by atoms with van der Waals surface area (Å²) in [6.45, 7) is -1.99. The van der Waals surface area contributed by atoms with Gasteiger partial charge in [-0.05, 0) is 0 Å². The average Bonchev–Trinajstić information content (AvgIpc) is 2.62. The van der Waals surface area contributed by atoms with E-state index in [4.69, 9.17) is 5.11 Å². The van der Waals surface area contributed by atoms with Gasteiger partial charge in [-0.15, -0.1) is 0 Å². The minimum Gasteiger partial charge on any atom is -0.477 e. The van der Waals surface area contributed by atoms with Gasteiger partial charge in [-0.25, -0.2) is 4.79 Å². The number of carbonyl (C=O) groups excluding carboxylic acids is 1. The molecule has 0 aliphatic rings. The lowest BCUT2D eigenvalue weighted by molar-refractivity contribution is -0.883. The first kappa shape index (κ1) is 32.9. The molecular weight excluding hydrogens is 541 g/mol. The largest absolute Gasteiger partial charge is 0.477 e. The van der Waals surface area contributed by atoms with Crippen LogP contribution in [0.2, 0.25) is 0 Å². The first-order chi connectivity index (χ1) is 15.0. The van der Waals surface area contributed by atoms with Gasteiger partial charge < -0.3 is 14.9 Å². The van der Waals surface area contributed by atoms with E-state index in [9.17, 15) is 75.4 Å². The van der Waals surface area contributed by atoms with Crippen LogP contribution in [0.1, 0.15) is 6.42 Å². The number of carboxylic acids is 1. The van der Waals surface area contributed by atoms with E-state index in [-0.39, 0.29) is 6.54 Å². The Morgan fingerprint density at radius 3 is 1.43 bits per heavy atom. The highest BCUT2D eigenvalue weighted by Crippen LogP contribution is 2.62. The lowest BCUT2D eigenvalue weighted by atomic mass is 9.91. The number of aliphatic carboxylic acids is 1. The topological polar surface area (TPSA) is 66.4 Å². The third kappa shape index (κ3) is 5.65. The number of halogens is 15. The maximum Gasteiger partial charge on any atom is 0.460 e. The molecular formula is C15H16F15N2O3+. The van der Waals surface area contributed by atoms with Crippen LogP contribution < -0.4 is 5.32 Å². The van der Waals surface area contributed by atoms with E-state index in [1.54, 1.807) is 0 Å². The van der Waals surface area contributed by atoms with Crippen molar-refractivity contribution in [1.82, 2.24) is 5.32 Å². The van der Waals surface area contributed by atoms with Gasteiger partial charge in [-0.2, -0.15) is 65.9 Å². The van der Waals surface area contributed by atoms with E-state index < -0.39 is 77.6 Å². The van der Waals surface area contributed by atoms with Crippen LogP contribution in [0.5, 0.6) is 0 Å². The van der Waals surface area contributed by atoms with Gasteiger partial charge in [0.15, 0.2) is 6.54 Å². The number of alkyl halides is 15. The minimum atomic E-state index is -8.47. The van der Waals surface area contributed by atoms with E-state index in [0.29, 0.717) is 0 Å². The summed E-state index contributed by atoms with van der Waals surface area (Å²) in [5.74, 6) is -53.1. The number of quaternary nitrogens is 1. The quantitative estimate of drug-likeness (QED) is 0.217. The van der Waals surface area contributed by atoms with Crippen LogP contribution in [0.15, 0.2) is 0 Å². The predicted molar refractivity (Wildman–Crippen MR) is 82.8 cm³/mol. The third-order valence-corrected chi connectivity index (χ3v) is 4.40. The van der Waals surface area contributed by atoms with Crippen molar-refractivity contribution in [3.8, 4) is 0 Å². The highest BCUT2D eigenvalue weighted by Gasteiger charge is 2.94. The fourth-order valence-electron chi connectivity index (χ4n) is 2.37. The van der Waals surface area contributed by atoms with Gasteiger partial charge in [-0.1, -0.05) is 0 Å². The van der Waals surface area contributed by atoms with Crippen LogP contribution in [0.4, 0.5) is 65.9 Å². The molecule has 20 heteroatoms. The van der Waals surface area contributed by atoms with E-state index in [0.717, 1.165) is 5.32 Å². The second kappa shape index (κ2) is 9.38. The fourth-order valence-corrected chi connectivity index (χ4v) is 2.37. The van der Waals surface area contributed by atoms with Crippen molar-refractivity contribution >= 4 is 11.9 Å². The monoisotopic (exact) mass is 557 g/mol. The number of nitrogens with zero attached hydrogens (tertiary/aromatic N) is 1. The Hall–Kier alpha value is -2.15. The number of amides is 1. The van der Waals surface area contributed by atoms with Crippen molar-refractivity contribution in [2.75, 3.05) is 33.7 Å². The van der Waals surface area contributed by atoms with E-state index in [2.05, 4.69) is 0 Å². The summed E-state index contributed by atoms with van der Waals surface area (Å²) >= 11 is 0. The maximum absolute atomic E-state index is 13.7.